The summed E-state index contributed by atoms with van der Waals surface area (Å²) in [6.45, 7) is 6.04. The van der Waals surface area contributed by atoms with Crippen molar-refractivity contribution in [1.29, 1.82) is 0 Å². The minimum absolute atomic E-state index is 0. The van der Waals surface area contributed by atoms with Gasteiger partial charge in [-0.2, -0.15) is 4.57 Å². The molecule has 0 fully saturated rings. The first-order valence-corrected chi connectivity index (χ1v) is 14.0. The van der Waals surface area contributed by atoms with Crippen molar-refractivity contribution in [2.45, 2.75) is 25.3 Å². The molecule has 0 radical (unpaired) electrons. The molecule has 3 heterocycles. The Hall–Kier alpha value is -3.35. The lowest BCUT2D eigenvalue weighted by Gasteiger charge is -2.18. The molecular formula is C29H25IN4O3S2. The van der Waals surface area contributed by atoms with Crippen molar-refractivity contribution in [1.82, 2.24) is 5.16 Å². The summed E-state index contributed by atoms with van der Waals surface area (Å²) in [5.41, 5.74) is 3.23. The van der Waals surface area contributed by atoms with Gasteiger partial charge in [0.05, 0.1) is 15.9 Å². The zero-order valence-electron chi connectivity index (χ0n) is 21.3. The van der Waals surface area contributed by atoms with E-state index in [4.69, 9.17) is 9.37 Å². The smallest absolute Gasteiger partial charge is 0.408 e. The van der Waals surface area contributed by atoms with E-state index in [2.05, 4.69) is 71.0 Å². The van der Waals surface area contributed by atoms with Gasteiger partial charge in [0.1, 0.15) is 17.0 Å². The highest BCUT2D eigenvalue weighted by atomic mass is 127. The molecule has 0 saturated carbocycles. The predicted molar refractivity (Wildman–Crippen MR) is 151 cm³/mol. The molecule has 1 aliphatic rings. The summed E-state index contributed by atoms with van der Waals surface area (Å²) in [5.74, 6) is 0.714. The van der Waals surface area contributed by atoms with Gasteiger partial charge in [0.2, 0.25) is 5.52 Å². The molecule has 0 amide bonds. The third kappa shape index (κ3) is 5.28. The lowest BCUT2D eigenvalue weighted by molar-refractivity contribution is -0.793. The number of benzene rings is 3. The molecule has 3 aromatic carbocycles. The Morgan fingerprint density at radius 3 is 2.64 bits per heavy atom. The Labute approximate surface area is 251 Å². The average molecular weight is 669 g/mol. The van der Waals surface area contributed by atoms with E-state index in [1.165, 1.54) is 15.2 Å². The van der Waals surface area contributed by atoms with E-state index >= 15 is 0 Å². The minimum atomic E-state index is 0. The second-order valence-corrected chi connectivity index (χ2v) is 10.7. The molecule has 198 valence electrons. The highest BCUT2D eigenvalue weighted by Gasteiger charge is 2.27. The normalized spacial score (nSPS) is 13.8. The van der Waals surface area contributed by atoms with Crippen LogP contribution >= 0.6 is 23.1 Å². The van der Waals surface area contributed by atoms with Crippen molar-refractivity contribution < 1.29 is 42.8 Å². The van der Waals surface area contributed by atoms with E-state index in [9.17, 15) is 5.21 Å². The van der Waals surface area contributed by atoms with Crippen molar-refractivity contribution in [2.75, 3.05) is 11.4 Å². The summed E-state index contributed by atoms with van der Waals surface area (Å²) < 4.78 is 14.5. The molecular weight excluding hydrogens is 643 g/mol. The van der Waals surface area contributed by atoms with E-state index in [-0.39, 0.29) is 35.6 Å². The van der Waals surface area contributed by atoms with Gasteiger partial charge < -0.3 is 38.8 Å². The predicted octanol–water partition coefficient (Wildman–Crippen LogP) is 3.78. The molecule has 0 aliphatic carbocycles. The van der Waals surface area contributed by atoms with Crippen molar-refractivity contribution in [3.8, 4) is 22.9 Å². The number of thiazole rings is 1. The van der Waals surface area contributed by atoms with Crippen LogP contribution in [0.4, 0.5) is 5.69 Å². The maximum absolute atomic E-state index is 12.2. The summed E-state index contributed by atoms with van der Waals surface area (Å²) in [5, 5.41) is 18.4. The van der Waals surface area contributed by atoms with Crippen LogP contribution in [0.2, 0.25) is 0 Å². The van der Waals surface area contributed by atoms with E-state index < -0.39 is 0 Å². The first kappa shape index (κ1) is 27.2. The second kappa shape index (κ2) is 11.8. The van der Waals surface area contributed by atoms with Crippen LogP contribution in [-0.4, -0.2) is 11.7 Å². The van der Waals surface area contributed by atoms with Gasteiger partial charge in [0.25, 0.3) is 10.7 Å². The SMILES string of the molecule is CCN1/C(=C/C=C/c2sc3ccccc3[n+]2CC)Sc2ccc(Oc3no[n+]([O-])c3-c3ccccc3)cc21.[I-]. The monoisotopic (exact) mass is 668 g/mol. The molecule has 0 atom stereocenters. The molecule has 1 aliphatic heterocycles. The number of anilines is 1. The van der Waals surface area contributed by atoms with Crippen molar-refractivity contribution in [3.05, 3.63) is 100 Å². The number of ether oxygens (including phenoxy) is 1. The van der Waals surface area contributed by atoms with Crippen LogP contribution < -0.4 is 43.1 Å². The van der Waals surface area contributed by atoms with Gasteiger partial charge in [0, 0.05) is 35.2 Å². The topological polar surface area (TPSA) is 69.3 Å². The fourth-order valence-electron chi connectivity index (χ4n) is 4.55. The van der Waals surface area contributed by atoms with Gasteiger partial charge in [-0.15, -0.1) is 0 Å². The zero-order chi connectivity index (χ0) is 26.1. The number of fused-ring (bicyclic) bond motifs is 2. The van der Waals surface area contributed by atoms with Crippen LogP contribution in [0.25, 0.3) is 27.6 Å². The van der Waals surface area contributed by atoms with Gasteiger partial charge in [0.15, 0.2) is 0 Å². The lowest BCUT2D eigenvalue weighted by atomic mass is 10.2. The molecule has 0 bridgehead atoms. The number of thioether (sulfide) groups is 1. The fraction of sp³-hybridized carbons (Fsp3) is 0.138. The molecule has 39 heavy (non-hydrogen) atoms. The Bertz CT molecular complexity index is 1680. The number of aromatic nitrogens is 3. The van der Waals surface area contributed by atoms with Crippen LogP contribution in [0.15, 0.2) is 99.5 Å². The van der Waals surface area contributed by atoms with E-state index in [0.717, 1.165) is 28.7 Å². The molecule has 10 heteroatoms. The Balaban J connectivity index is 0.00000308. The fourth-order valence-corrected chi connectivity index (χ4v) is 6.81. The van der Waals surface area contributed by atoms with E-state index in [1.807, 2.05) is 48.5 Å². The third-order valence-electron chi connectivity index (χ3n) is 6.29. The summed E-state index contributed by atoms with van der Waals surface area (Å²) >= 11 is 3.53. The molecule has 6 rings (SSSR count). The van der Waals surface area contributed by atoms with Crippen LogP contribution in [-0.2, 0) is 6.54 Å². The molecule has 0 unspecified atom stereocenters. The van der Waals surface area contributed by atoms with Gasteiger partial charge >= 0.3 is 5.88 Å². The number of hydrogen-bond donors (Lipinski definition) is 0. The maximum Gasteiger partial charge on any atom is 0.408 e. The molecule has 2 aromatic heterocycles. The molecule has 0 spiro atoms. The lowest BCUT2D eigenvalue weighted by Crippen LogP contribution is -3.00. The highest BCUT2D eigenvalue weighted by molar-refractivity contribution is 8.03. The largest absolute Gasteiger partial charge is 1.00 e. The van der Waals surface area contributed by atoms with Crippen LogP contribution in [0.1, 0.15) is 18.9 Å². The second-order valence-electron chi connectivity index (χ2n) is 8.54. The molecule has 5 aromatic rings. The van der Waals surface area contributed by atoms with Crippen LogP contribution in [0, 0.1) is 5.21 Å². The first-order chi connectivity index (χ1) is 18.7. The standard InChI is InChI=1S/C29H25N4O3S2.HI/c1-3-31-22-13-8-9-14-24(22)37-26(31)15-10-16-27-32(4-2)23-19-21(17-18-25(23)38-27)35-29-28(33(34)36-30-29)20-11-6-5-7-12-20;/h5-19H,3-4H2,1-2H3;1H/q+1;/p-1. The summed E-state index contributed by atoms with van der Waals surface area (Å²) in [7, 11) is 0. The van der Waals surface area contributed by atoms with Crippen LogP contribution in [0.3, 0.4) is 0 Å². The molecule has 7 nitrogen and oxygen atoms in total. The van der Waals surface area contributed by atoms with Crippen molar-refractivity contribution >= 4 is 45.1 Å². The van der Waals surface area contributed by atoms with Gasteiger partial charge in [-0.3, -0.25) is 4.63 Å². The summed E-state index contributed by atoms with van der Waals surface area (Å²) in [6, 6.07) is 23.6. The maximum atomic E-state index is 12.2. The third-order valence-corrected chi connectivity index (χ3v) is 8.55. The van der Waals surface area contributed by atoms with Crippen molar-refractivity contribution in [2.24, 2.45) is 0 Å². The molecule has 0 N–H and O–H groups in total. The number of hydrogen-bond acceptors (Lipinski definition) is 7. The quantitative estimate of drug-likeness (QED) is 0.150. The Kier molecular flexibility index (Phi) is 8.24. The number of halogens is 1. The summed E-state index contributed by atoms with van der Waals surface area (Å²) in [6.07, 6.45) is 6.46. The highest BCUT2D eigenvalue weighted by Crippen LogP contribution is 2.47. The number of nitrogens with zero attached hydrogens (tertiary/aromatic N) is 4. The Morgan fingerprint density at radius 2 is 1.85 bits per heavy atom. The number of rotatable bonds is 7. The number of allylic oxidation sites excluding steroid dienone is 2. The van der Waals surface area contributed by atoms with Gasteiger partial charge in [-0.1, -0.05) is 71.6 Å². The van der Waals surface area contributed by atoms with Gasteiger partial charge in [-0.05, 0) is 43.0 Å². The summed E-state index contributed by atoms with van der Waals surface area (Å²) in [4.78, 5) is 3.77. The van der Waals surface area contributed by atoms with Gasteiger partial charge in [-0.25, -0.2) is 0 Å². The zero-order valence-corrected chi connectivity index (χ0v) is 25.1. The van der Waals surface area contributed by atoms with Crippen LogP contribution in [0.5, 0.6) is 11.6 Å². The molecule has 0 saturated heterocycles. The number of para-hydroxylation sites is 1. The Morgan fingerprint density at radius 1 is 1.05 bits per heavy atom. The average Bonchev–Trinajstić information content (AvgIpc) is 3.61. The minimum Gasteiger partial charge on any atom is -1.00 e. The first-order valence-electron chi connectivity index (χ1n) is 12.4. The number of aryl methyl sites for hydroxylation is 1. The van der Waals surface area contributed by atoms with E-state index in [0.29, 0.717) is 16.2 Å². The van der Waals surface area contributed by atoms with E-state index in [1.54, 1.807) is 23.1 Å². The van der Waals surface area contributed by atoms with Crippen molar-refractivity contribution in [3.63, 3.8) is 0 Å².